The second-order valence-electron chi connectivity index (χ2n) is 18.5. The first-order valence-corrected chi connectivity index (χ1v) is 23.2. The number of aliphatic hydroxyl groups is 2. The lowest BCUT2D eigenvalue weighted by Gasteiger charge is -2.37. The number of nitrogens with zero attached hydrogens (tertiary/aromatic N) is 8. The fourth-order valence-electron chi connectivity index (χ4n) is 8.74. The van der Waals surface area contributed by atoms with Crippen LogP contribution in [-0.2, 0) is 9.59 Å². The molecule has 2 saturated heterocycles. The summed E-state index contributed by atoms with van der Waals surface area (Å²) in [6.07, 6.45) is -6.39. The van der Waals surface area contributed by atoms with E-state index in [1.165, 1.54) is 12.1 Å². The van der Waals surface area contributed by atoms with Crippen LogP contribution in [0.4, 0.5) is 29.2 Å². The zero-order chi connectivity index (χ0) is 48.8. The standard InChI is InChI=1S/2C26H30F2N4O2.2H2/c2*1-16(2)14-22(33)26(34)32-12-10-31(11-13-32)25-20-9-8-17(3)15-21(20)29-24(30-25)19-7-5-4-6-18(19)23(27)28;;/h2*4-9,15-16,22-23,33H,10-14H2,1-3H3;2*1H/t22-;;;/m1.../s1. The van der Waals surface area contributed by atoms with E-state index in [0.717, 1.165) is 21.9 Å². The van der Waals surface area contributed by atoms with Crippen LogP contribution in [-0.4, -0.2) is 116 Å². The van der Waals surface area contributed by atoms with Gasteiger partial charge >= 0.3 is 0 Å². The average Bonchev–Trinajstić information content (AvgIpc) is 3.32. The van der Waals surface area contributed by atoms with E-state index in [0.29, 0.717) is 99.0 Å². The molecular formula is C52H64F4N8O4. The first-order chi connectivity index (χ1) is 32.5. The van der Waals surface area contributed by atoms with Gasteiger partial charge in [-0.05, 0) is 73.9 Å². The molecule has 0 spiro atoms. The van der Waals surface area contributed by atoms with E-state index >= 15 is 0 Å². The van der Waals surface area contributed by atoms with Crippen molar-refractivity contribution >= 4 is 45.3 Å². The van der Waals surface area contributed by atoms with Crippen molar-refractivity contribution in [1.82, 2.24) is 29.7 Å². The van der Waals surface area contributed by atoms with Crippen LogP contribution < -0.4 is 9.80 Å². The SMILES string of the molecule is Cc1ccc2c(N3CCN(C(=O)C(O)CC(C)C)CC3)nc(-c3ccccc3C(F)F)nc2c1.Cc1ccc2c(N3CCN(C(=O)[C@H](O)CC(C)C)CC3)nc(-c3ccccc3C(F)F)nc2c1.[HH].[HH]. The van der Waals surface area contributed by atoms with E-state index in [1.807, 2.05) is 77.9 Å². The molecule has 2 fully saturated rings. The van der Waals surface area contributed by atoms with Gasteiger partial charge in [0.2, 0.25) is 0 Å². The highest BCUT2D eigenvalue weighted by Gasteiger charge is 2.30. The van der Waals surface area contributed by atoms with Crippen LogP contribution in [0.15, 0.2) is 84.9 Å². The largest absolute Gasteiger partial charge is 0.383 e. The van der Waals surface area contributed by atoms with Crippen LogP contribution in [0.3, 0.4) is 0 Å². The second kappa shape index (κ2) is 21.8. The summed E-state index contributed by atoms with van der Waals surface area (Å²) in [6.45, 7) is 15.7. The summed E-state index contributed by atoms with van der Waals surface area (Å²) in [4.78, 5) is 51.5. The number of carbonyl (C=O) groups excluding carboxylic acids is 2. The molecule has 68 heavy (non-hydrogen) atoms. The summed E-state index contributed by atoms with van der Waals surface area (Å²) < 4.78 is 54.7. The number of aryl methyl sites for hydroxylation is 2. The van der Waals surface area contributed by atoms with Crippen LogP contribution in [0.25, 0.3) is 44.6 Å². The molecule has 0 radical (unpaired) electrons. The molecule has 0 saturated carbocycles. The van der Waals surface area contributed by atoms with Crippen molar-refractivity contribution in [3.8, 4) is 22.8 Å². The zero-order valence-corrected chi connectivity index (χ0v) is 39.4. The molecule has 2 aliphatic rings. The van der Waals surface area contributed by atoms with Gasteiger partial charge in [0.1, 0.15) is 23.8 Å². The minimum Gasteiger partial charge on any atom is -0.383 e. The molecule has 1 unspecified atom stereocenters. The third kappa shape index (κ3) is 11.5. The Morgan fingerprint density at radius 3 is 1.24 bits per heavy atom. The number of piperazine rings is 2. The van der Waals surface area contributed by atoms with Crippen LogP contribution >= 0.6 is 0 Å². The number of rotatable bonds is 12. The normalized spacial score (nSPS) is 15.4. The van der Waals surface area contributed by atoms with Gasteiger partial charge in [-0.25, -0.2) is 37.5 Å². The molecule has 16 heteroatoms. The lowest BCUT2D eigenvalue weighted by atomic mass is 10.0. The van der Waals surface area contributed by atoms with Crippen molar-refractivity contribution in [3.63, 3.8) is 0 Å². The number of fused-ring (bicyclic) bond motifs is 2. The van der Waals surface area contributed by atoms with Crippen molar-refractivity contribution < 1.29 is 40.2 Å². The molecule has 0 bridgehead atoms. The van der Waals surface area contributed by atoms with E-state index < -0.39 is 25.1 Å². The molecule has 8 rings (SSSR count). The Balaban J connectivity index is 0.000000254. The second-order valence-corrected chi connectivity index (χ2v) is 18.5. The number of alkyl halides is 4. The monoisotopic (exact) mass is 940 g/mol. The predicted molar refractivity (Wildman–Crippen MR) is 262 cm³/mol. The summed E-state index contributed by atoms with van der Waals surface area (Å²) in [5.41, 5.74) is 3.83. The van der Waals surface area contributed by atoms with Crippen molar-refractivity contribution in [2.75, 3.05) is 62.2 Å². The molecule has 12 nitrogen and oxygen atoms in total. The number of hydrogen-bond donors (Lipinski definition) is 2. The quantitative estimate of drug-likeness (QED) is 0.114. The molecule has 2 atom stereocenters. The molecule has 2 N–H and O–H groups in total. The smallest absolute Gasteiger partial charge is 0.264 e. The number of aromatic nitrogens is 4. The summed E-state index contributed by atoms with van der Waals surface area (Å²) in [6, 6.07) is 24.3. The van der Waals surface area contributed by atoms with Gasteiger partial charge in [-0.2, -0.15) is 0 Å². The van der Waals surface area contributed by atoms with E-state index in [-0.39, 0.29) is 49.3 Å². The summed E-state index contributed by atoms with van der Waals surface area (Å²) in [5, 5.41) is 22.1. The van der Waals surface area contributed by atoms with Gasteiger partial charge in [-0.3, -0.25) is 9.59 Å². The minimum atomic E-state index is -2.64. The molecule has 6 aromatic rings. The van der Waals surface area contributed by atoms with Gasteiger partial charge in [0.05, 0.1) is 11.0 Å². The molecule has 364 valence electrons. The molecule has 4 aromatic carbocycles. The Bertz CT molecular complexity index is 2550. The maximum absolute atomic E-state index is 13.7. The van der Waals surface area contributed by atoms with Gasteiger partial charge < -0.3 is 29.8 Å². The van der Waals surface area contributed by atoms with Crippen molar-refractivity contribution in [1.29, 1.82) is 0 Å². The van der Waals surface area contributed by atoms with E-state index in [9.17, 15) is 37.4 Å². The number of amides is 2. The van der Waals surface area contributed by atoms with Gasteiger partial charge in [-0.15, -0.1) is 0 Å². The fraction of sp³-hybridized carbons (Fsp3) is 0.423. The molecule has 4 heterocycles. The lowest BCUT2D eigenvalue weighted by Crippen LogP contribution is -2.52. The third-order valence-electron chi connectivity index (χ3n) is 12.3. The number of halogens is 4. The topological polar surface area (TPSA) is 139 Å². The van der Waals surface area contributed by atoms with Crippen molar-refractivity contribution in [3.05, 3.63) is 107 Å². The van der Waals surface area contributed by atoms with E-state index in [1.54, 1.807) is 46.2 Å². The van der Waals surface area contributed by atoms with E-state index in [2.05, 4.69) is 19.8 Å². The number of benzene rings is 4. The van der Waals surface area contributed by atoms with Gasteiger partial charge in [0.25, 0.3) is 24.7 Å². The number of anilines is 2. The molecule has 2 aliphatic heterocycles. The number of hydrogen-bond acceptors (Lipinski definition) is 10. The summed E-state index contributed by atoms with van der Waals surface area (Å²) in [5.74, 6) is 1.81. The maximum Gasteiger partial charge on any atom is 0.264 e. The minimum absolute atomic E-state index is 0. The third-order valence-corrected chi connectivity index (χ3v) is 12.3. The van der Waals surface area contributed by atoms with Gasteiger partial charge in [0.15, 0.2) is 11.6 Å². The first-order valence-electron chi connectivity index (χ1n) is 23.2. The van der Waals surface area contributed by atoms with Crippen molar-refractivity contribution in [2.24, 2.45) is 11.8 Å². The number of carbonyl (C=O) groups is 2. The van der Waals surface area contributed by atoms with E-state index in [4.69, 9.17) is 9.97 Å². The summed E-state index contributed by atoms with van der Waals surface area (Å²) >= 11 is 0. The van der Waals surface area contributed by atoms with Crippen molar-refractivity contribution in [2.45, 2.75) is 79.4 Å². The summed E-state index contributed by atoms with van der Waals surface area (Å²) in [7, 11) is 0. The highest BCUT2D eigenvalue weighted by Crippen LogP contribution is 2.35. The van der Waals surface area contributed by atoms with Gasteiger partial charge in [0, 0.05) is 88.2 Å². The Kier molecular flexibility index (Phi) is 15.9. The molecule has 2 amide bonds. The van der Waals surface area contributed by atoms with Crippen LogP contribution in [0, 0.1) is 25.7 Å². The Labute approximate surface area is 397 Å². The Morgan fingerprint density at radius 1 is 0.544 bits per heavy atom. The van der Waals surface area contributed by atoms with Crippen LogP contribution in [0.5, 0.6) is 0 Å². The number of aliphatic hydroxyl groups excluding tert-OH is 2. The molecule has 2 aromatic heterocycles. The Hall–Kier alpha value is -6.26. The highest BCUT2D eigenvalue weighted by molar-refractivity contribution is 5.93. The average molecular weight is 941 g/mol. The van der Waals surface area contributed by atoms with Crippen LogP contribution in [0.2, 0.25) is 0 Å². The fourth-order valence-corrected chi connectivity index (χ4v) is 8.74. The maximum atomic E-state index is 13.7. The first kappa shape index (κ1) is 49.6. The molecule has 0 aliphatic carbocycles. The van der Waals surface area contributed by atoms with Crippen LogP contribution in [0.1, 0.15) is 78.5 Å². The predicted octanol–water partition coefficient (Wildman–Crippen LogP) is 9.69. The zero-order valence-electron chi connectivity index (χ0n) is 39.4. The lowest BCUT2D eigenvalue weighted by molar-refractivity contribution is -0.141. The Morgan fingerprint density at radius 2 is 0.897 bits per heavy atom. The van der Waals surface area contributed by atoms with Gasteiger partial charge in [-0.1, -0.05) is 88.4 Å². The highest BCUT2D eigenvalue weighted by atomic mass is 19.3. The molecular weight excluding hydrogens is 877 g/mol.